The fourth-order valence-corrected chi connectivity index (χ4v) is 0.435. The number of nitrogens with two attached hydrogens (primary N) is 1. The number of allylic oxidation sites excluding steroid dienone is 1. The molecule has 0 saturated carbocycles. The van der Waals surface area contributed by atoms with Crippen LogP contribution in [0.2, 0.25) is 0 Å². The zero-order chi connectivity index (χ0) is 7.28. The van der Waals surface area contributed by atoms with Gasteiger partial charge in [0.15, 0.2) is 0 Å². The quantitative estimate of drug-likeness (QED) is 0.566. The first-order valence-electron chi connectivity index (χ1n) is 3.14. The first kappa shape index (κ1) is 8.21. The average Bonchev–Trinajstić information content (AvgIpc) is 1.82. The van der Waals surface area contributed by atoms with E-state index in [2.05, 4.69) is 0 Å². The minimum Gasteiger partial charge on any atom is -0.369 e. The highest BCUT2D eigenvalue weighted by atomic mass is 16.1. The van der Waals surface area contributed by atoms with Crippen LogP contribution in [0.5, 0.6) is 0 Å². The van der Waals surface area contributed by atoms with Crippen LogP contribution in [-0.2, 0) is 4.79 Å². The van der Waals surface area contributed by atoms with Crippen LogP contribution >= 0.6 is 0 Å². The average molecular weight is 127 g/mol. The molecule has 0 bridgehead atoms. The summed E-state index contributed by atoms with van der Waals surface area (Å²) in [5.41, 5.74) is 4.99. The molecule has 1 unspecified atom stereocenters. The predicted molar refractivity (Wildman–Crippen MR) is 37.8 cm³/mol. The van der Waals surface area contributed by atoms with Gasteiger partial charge < -0.3 is 5.73 Å². The van der Waals surface area contributed by atoms with Gasteiger partial charge in [-0.3, -0.25) is 4.79 Å². The van der Waals surface area contributed by atoms with E-state index >= 15 is 0 Å². The van der Waals surface area contributed by atoms with Gasteiger partial charge in [-0.25, -0.2) is 0 Å². The van der Waals surface area contributed by atoms with Crippen molar-refractivity contribution in [1.29, 1.82) is 0 Å². The Labute approximate surface area is 55.7 Å². The summed E-state index contributed by atoms with van der Waals surface area (Å²) in [5, 5.41) is 0. The SMILES string of the molecule is CC/C=C/C(C)C(N)=O. The zero-order valence-corrected chi connectivity index (χ0v) is 5.92. The fraction of sp³-hybridized carbons (Fsp3) is 0.571. The molecule has 9 heavy (non-hydrogen) atoms. The molecule has 0 aliphatic heterocycles. The summed E-state index contributed by atoms with van der Waals surface area (Å²) in [5.74, 6) is -0.385. The lowest BCUT2D eigenvalue weighted by molar-refractivity contribution is -0.120. The highest BCUT2D eigenvalue weighted by Gasteiger charge is 2.00. The van der Waals surface area contributed by atoms with Gasteiger partial charge in [0, 0.05) is 0 Å². The molecule has 2 N–H and O–H groups in total. The molecule has 0 aromatic heterocycles. The van der Waals surface area contributed by atoms with Gasteiger partial charge >= 0.3 is 0 Å². The number of rotatable bonds is 3. The summed E-state index contributed by atoms with van der Waals surface area (Å²) in [4.78, 5) is 10.4. The van der Waals surface area contributed by atoms with Crippen LogP contribution in [0.25, 0.3) is 0 Å². The molecule has 0 rings (SSSR count). The first-order chi connectivity index (χ1) is 4.18. The van der Waals surface area contributed by atoms with Gasteiger partial charge in [0.1, 0.15) is 0 Å². The van der Waals surface area contributed by atoms with E-state index in [0.717, 1.165) is 6.42 Å². The van der Waals surface area contributed by atoms with Gasteiger partial charge in [-0.15, -0.1) is 0 Å². The van der Waals surface area contributed by atoms with Crippen LogP contribution in [0.4, 0.5) is 0 Å². The van der Waals surface area contributed by atoms with Crippen LogP contribution < -0.4 is 5.73 Å². The topological polar surface area (TPSA) is 43.1 Å². The standard InChI is InChI=1S/C7H13NO/c1-3-4-5-6(2)7(8)9/h4-6H,3H2,1-2H3,(H2,8,9)/b5-4+. The second-order valence-electron chi connectivity index (χ2n) is 2.03. The number of primary amides is 1. The normalized spacial score (nSPS) is 14.0. The van der Waals surface area contributed by atoms with Gasteiger partial charge in [-0.1, -0.05) is 26.0 Å². The van der Waals surface area contributed by atoms with Crippen molar-refractivity contribution in [2.45, 2.75) is 20.3 Å². The summed E-state index contributed by atoms with van der Waals surface area (Å²) in [6.45, 7) is 3.80. The zero-order valence-electron chi connectivity index (χ0n) is 5.92. The Morgan fingerprint density at radius 1 is 1.78 bits per heavy atom. The molecular weight excluding hydrogens is 114 g/mol. The van der Waals surface area contributed by atoms with Crippen molar-refractivity contribution in [2.75, 3.05) is 0 Å². The van der Waals surface area contributed by atoms with Gasteiger partial charge in [-0.2, -0.15) is 0 Å². The second-order valence-corrected chi connectivity index (χ2v) is 2.03. The van der Waals surface area contributed by atoms with E-state index in [9.17, 15) is 4.79 Å². The van der Waals surface area contributed by atoms with E-state index in [0.29, 0.717) is 0 Å². The number of carbonyl (C=O) groups excluding carboxylic acids is 1. The summed E-state index contributed by atoms with van der Waals surface area (Å²) in [6.07, 6.45) is 4.72. The van der Waals surface area contributed by atoms with E-state index in [-0.39, 0.29) is 11.8 Å². The van der Waals surface area contributed by atoms with Gasteiger partial charge in [0.2, 0.25) is 5.91 Å². The van der Waals surface area contributed by atoms with Crippen molar-refractivity contribution >= 4 is 5.91 Å². The largest absolute Gasteiger partial charge is 0.369 e. The first-order valence-corrected chi connectivity index (χ1v) is 3.14. The Kier molecular flexibility index (Phi) is 3.76. The van der Waals surface area contributed by atoms with Crippen LogP contribution in [-0.4, -0.2) is 5.91 Å². The molecule has 0 heterocycles. The Balaban J connectivity index is 3.62. The van der Waals surface area contributed by atoms with Crippen molar-refractivity contribution in [3.05, 3.63) is 12.2 Å². The smallest absolute Gasteiger partial charge is 0.224 e. The lowest BCUT2D eigenvalue weighted by Crippen LogP contribution is -2.18. The molecule has 0 aromatic rings. The molecule has 1 amide bonds. The van der Waals surface area contributed by atoms with E-state index in [1.807, 2.05) is 19.1 Å². The molecule has 0 aliphatic carbocycles. The van der Waals surface area contributed by atoms with Crippen LogP contribution in [0.15, 0.2) is 12.2 Å². The van der Waals surface area contributed by atoms with Crippen molar-refractivity contribution in [2.24, 2.45) is 11.7 Å². The Morgan fingerprint density at radius 2 is 2.33 bits per heavy atom. The Morgan fingerprint density at radius 3 is 2.67 bits per heavy atom. The minimum absolute atomic E-state index is 0.120. The molecule has 0 fully saturated rings. The van der Waals surface area contributed by atoms with Crippen LogP contribution in [0.1, 0.15) is 20.3 Å². The molecule has 0 aromatic carbocycles. The molecule has 2 nitrogen and oxygen atoms in total. The number of hydrogen-bond acceptors (Lipinski definition) is 1. The van der Waals surface area contributed by atoms with Crippen LogP contribution in [0, 0.1) is 5.92 Å². The summed E-state index contributed by atoms with van der Waals surface area (Å²) >= 11 is 0. The van der Waals surface area contributed by atoms with Gasteiger partial charge in [0.25, 0.3) is 0 Å². The molecule has 2 heteroatoms. The third-order valence-electron chi connectivity index (χ3n) is 1.11. The lowest BCUT2D eigenvalue weighted by Gasteiger charge is -1.96. The van der Waals surface area contributed by atoms with Crippen molar-refractivity contribution < 1.29 is 4.79 Å². The molecule has 1 atom stereocenters. The van der Waals surface area contributed by atoms with E-state index in [4.69, 9.17) is 5.73 Å². The minimum atomic E-state index is -0.264. The van der Waals surface area contributed by atoms with Gasteiger partial charge in [-0.05, 0) is 6.42 Å². The maximum absolute atomic E-state index is 10.4. The number of amides is 1. The number of hydrogen-bond donors (Lipinski definition) is 1. The third kappa shape index (κ3) is 3.76. The van der Waals surface area contributed by atoms with Crippen molar-refractivity contribution in [3.8, 4) is 0 Å². The van der Waals surface area contributed by atoms with Gasteiger partial charge in [0.05, 0.1) is 5.92 Å². The molecule has 0 radical (unpaired) electrons. The maximum atomic E-state index is 10.4. The lowest BCUT2D eigenvalue weighted by atomic mass is 10.1. The molecule has 52 valence electrons. The monoisotopic (exact) mass is 127 g/mol. The van der Waals surface area contributed by atoms with Crippen LogP contribution in [0.3, 0.4) is 0 Å². The van der Waals surface area contributed by atoms with Crippen molar-refractivity contribution in [3.63, 3.8) is 0 Å². The fourth-order valence-electron chi connectivity index (χ4n) is 0.435. The third-order valence-corrected chi connectivity index (χ3v) is 1.11. The van der Waals surface area contributed by atoms with Crippen molar-refractivity contribution in [1.82, 2.24) is 0 Å². The summed E-state index contributed by atoms with van der Waals surface area (Å²) in [7, 11) is 0. The summed E-state index contributed by atoms with van der Waals surface area (Å²) < 4.78 is 0. The Bertz CT molecular complexity index is 118. The highest BCUT2D eigenvalue weighted by Crippen LogP contribution is 1.95. The van der Waals surface area contributed by atoms with E-state index < -0.39 is 0 Å². The van der Waals surface area contributed by atoms with E-state index in [1.165, 1.54) is 0 Å². The second kappa shape index (κ2) is 4.13. The highest BCUT2D eigenvalue weighted by molar-refractivity contribution is 5.77. The molecule has 0 aliphatic rings. The molecule has 0 spiro atoms. The summed E-state index contributed by atoms with van der Waals surface area (Å²) in [6, 6.07) is 0. The maximum Gasteiger partial charge on any atom is 0.224 e. The Hall–Kier alpha value is -0.790. The van der Waals surface area contributed by atoms with E-state index in [1.54, 1.807) is 6.92 Å². The molecular formula is C7H13NO. The molecule has 0 saturated heterocycles. The number of carbonyl (C=O) groups is 1. The predicted octanol–water partition coefficient (Wildman–Crippen LogP) is 1.07.